The number of aryl methyl sites for hydroxylation is 2. The van der Waals surface area contributed by atoms with Crippen molar-refractivity contribution in [2.75, 3.05) is 31.0 Å². The molecule has 1 aliphatic heterocycles. The smallest absolute Gasteiger partial charge is 0.250 e. The van der Waals surface area contributed by atoms with Gasteiger partial charge in [0.2, 0.25) is 5.91 Å². The van der Waals surface area contributed by atoms with Crippen LogP contribution in [0.25, 0.3) is 5.82 Å². The number of amides is 1. The minimum absolute atomic E-state index is 0.0690. The van der Waals surface area contributed by atoms with Crippen molar-refractivity contribution in [3.8, 4) is 11.6 Å². The second-order valence-corrected chi connectivity index (χ2v) is 10.1. The second kappa shape index (κ2) is 11.4. The third kappa shape index (κ3) is 5.15. The van der Waals surface area contributed by atoms with Crippen molar-refractivity contribution in [1.29, 1.82) is 0 Å². The standard InChI is InChI=1S/C30H32N6O3S/c1-18-9-12-26(32-16-18)35-19(2)14-22(20(35)3)29-28(23-8-6-7-13-31-23)34-30(40)36(29)21-10-11-25(39-5)24(15-21)33-27(37)17-38-4/h6-16,28-29H,17H2,1-5H3,(H,33,37)(H,34,40)/t28-,29+/m1/s1. The Bertz CT molecular complexity index is 1540. The number of methoxy groups -OCH3 is 2. The molecule has 4 heterocycles. The van der Waals surface area contributed by atoms with Crippen molar-refractivity contribution in [2.45, 2.75) is 32.9 Å². The van der Waals surface area contributed by atoms with Crippen LogP contribution >= 0.6 is 12.2 Å². The summed E-state index contributed by atoms with van der Waals surface area (Å²) in [5.41, 5.74) is 6.50. The lowest BCUT2D eigenvalue weighted by atomic mass is 9.96. The molecule has 40 heavy (non-hydrogen) atoms. The molecule has 1 saturated heterocycles. The Kier molecular flexibility index (Phi) is 7.81. The van der Waals surface area contributed by atoms with Crippen LogP contribution in [-0.2, 0) is 9.53 Å². The normalized spacial score (nSPS) is 16.6. The molecule has 0 saturated carbocycles. The molecule has 2 atom stereocenters. The predicted octanol–water partition coefficient (Wildman–Crippen LogP) is 4.96. The van der Waals surface area contributed by atoms with Gasteiger partial charge in [0.15, 0.2) is 5.11 Å². The number of carbonyl (C=O) groups is 1. The summed E-state index contributed by atoms with van der Waals surface area (Å²) in [7, 11) is 3.05. The third-order valence-electron chi connectivity index (χ3n) is 7.02. The van der Waals surface area contributed by atoms with E-state index in [0.29, 0.717) is 16.5 Å². The molecule has 2 N–H and O–H groups in total. The number of hydrogen-bond acceptors (Lipinski definition) is 6. The number of pyridine rings is 2. The molecule has 1 amide bonds. The minimum atomic E-state index is -0.280. The summed E-state index contributed by atoms with van der Waals surface area (Å²) in [4.78, 5) is 23.8. The first-order chi connectivity index (χ1) is 19.3. The number of carbonyl (C=O) groups excluding carboxylic acids is 1. The van der Waals surface area contributed by atoms with Crippen LogP contribution in [-0.4, -0.2) is 46.4 Å². The van der Waals surface area contributed by atoms with E-state index in [0.717, 1.165) is 39.7 Å². The van der Waals surface area contributed by atoms with Gasteiger partial charge in [0, 0.05) is 36.6 Å². The summed E-state index contributed by atoms with van der Waals surface area (Å²) in [6.07, 6.45) is 3.66. The van der Waals surface area contributed by atoms with Gasteiger partial charge in [0.05, 0.1) is 30.6 Å². The van der Waals surface area contributed by atoms with Crippen LogP contribution in [0.5, 0.6) is 5.75 Å². The fourth-order valence-corrected chi connectivity index (χ4v) is 5.59. The van der Waals surface area contributed by atoms with Crippen molar-refractivity contribution < 1.29 is 14.3 Å². The Morgan fingerprint density at radius 2 is 1.90 bits per heavy atom. The Hall–Kier alpha value is -4.28. The molecule has 1 fully saturated rings. The fraction of sp³-hybridized carbons (Fsp3) is 0.267. The first-order valence-electron chi connectivity index (χ1n) is 12.9. The van der Waals surface area contributed by atoms with Crippen LogP contribution in [0, 0.1) is 20.8 Å². The van der Waals surface area contributed by atoms with E-state index in [2.05, 4.69) is 56.0 Å². The number of thiocarbonyl (C=S) groups is 1. The molecule has 9 nitrogen and oxygen atoms in total. The van der Waals surface area contributed by atoms with Gasteiger partial charge in [0.1, 0.15) is 18.2 Å². The number of nitrogens with zero attached hydrogens (tertiary/aromatic N) is 4. The highest BCUT2D eigenvalue weighted by Gasteiger charge is 2.42. The molecule has 10 heteroatoms. The van der Waals surface area contributed by atoms with E-state index in [-0.39, 0.29) is 24.6 Å². The first-order valence-corrected chi connectivity index (χ1v) is 13.3. The number of benzene rings is 1. The van der Waals surface area contributed by atoms with E-state index >= 15 is 0 Å². The maximum absolute atomic E-state index is 12.4. The predicted molar refractivity (Wildman–Crippen MR) is 159 cm³/mol. The third-order valence-corrected chi connectivity index (χ3v) is 7.34. The van der Waals surface area contributed by atoms with Crippen molar-refractivity contribution in [3.63, 3.8) is 0 Å². The Morgan fingerprint density at radius 1 is 1.07 bits per heavy atom. The van der Waals surface area contributed by atoms with Crippen LogP contribution < -0.4 is 20.3 Å². The monoisotopic (exact) mass is 556 g/mol. The van der Waals surface area contributed by atoms with Gasteiger partial charge < -0.3 is 29.6 Å². The van der Waals surface area contributed by atoms with Crippen LogP contribution in [0.15, 0.2) is 67.0 Å². The van der Waals surface area contributed by atoms with Gasteiger partial charge in [-0.1, -0.05) is 12.1 Å². The van der Waals surface area contributed by atoms with E-state index in [9.17, 15) is 4.79 Å². The van der Waals surface area contributed by atoms with Crippen LogP contribution in [0.2, 0.25) is 0 Å². The van der Waals surface area contributed by atoms with E-state index in [1.54, 1.807) is 13.3 Å². The van der Waals surface area contributed by atoms with Crippen molar-refractivity contribution in [2.24, 2.45) is 0 Å². The van der Waals surface area contributed by atoms with Crippen molar-refractivity contribution in [1.82, 2.24) is 19.9 Å². The average molecular weight is 557 g/mol. The quantitative estimate of drug-likeness (QED) is 0.294. The number of rotatable bonds is 8. The van der Waals surface area contributed by atoms with Crippen LogP contribution in [0.3, 0.4) is 0 Å². The average Bonchev–Trinajstić information content (AvgIpc) is 3.44. The lowest BCUT2D eigenvalue weighted by Gasteiger charge is -2.29. The summed E-state index contributed by atoms with van der Waals surface area (Å²) >= 11 is 5.93. The zero-order valence-electron chi connectivity index (χ0n) is 23.1. The molecule has 5 rings (SSSR count). The maximum atomic E-state index is 12.4. The molecule has 0 unspecified atom stereocenters. The zero-order valence-corrected chi connectivity index (χ0v) is 24.0. The summed E-state index contributed by atoms with van der Waals surface area (Å²) in [6, 6.07) is 17.3. The SMILES string of the molecule is COCC(=O)Nc1cc(N2C(=S)N[C@H](c3ccccn3)[C@@H]2c2cc(C)n(-c3ccc(C)cn3)c2C)ccc1OC. The maximum Gasteiger partial charge on any atom is 0.250 e. The van der Waals surface area contributed by atoms with Gasteiger partial charge in [0.25, 0.3) is 0 Å². The van der Waals surface area contributed by atoms with E-state index in [1.807, 2.05) is 55.6 Å². The Labute approximate surface area is 239 Å². The molecular formula is C30H32N6O3S. The molecule has 0 bridgehead atoms. The van der Waals surface area contributed by atoms with Crippen molar-refractivity contribution in [3.05, 3.63) is 95.2 Å². The Balaban J connectivity index is 1.64. The van der Waals surface area contributed by atoms with E-state index in [4.69, 9.17) is 21.7 Å². The van der Waals surface area contributed by atoms with Gasteiger partial charge in [-0.15, -0.1) is 0 Å². The molecule has 0 spiro atoms. The van der Waals surface area contributed by atoms with Gasteiger partial charge in [-0.2, -0.15) is 0 Å². The largest absolute Gasteiger partial charge is 0.495 e. The summed E-state index contributed by atoms with van der Waals surface area (Å²) in [5.74, 6) is 1.11. The number of nitrogens with one attached hydrogen (secondary N) is 2. The molecule has 3 aromatic heterocycles. The molecule has 0 aliphatic carbocycles. The zero-order chi connectivity index (χ0) is 28.4. The van der Waals surface area contributed by atoms with Gasteiger partial charge in [-0.3, -0.25) is 9.78 Å². The molecule has 206 valence electrons. The second-order valence-electron chi connectivity index (χ2n) is 9.72. The number of ether oxygens (including phenoxy) is 2. The highest BCUT2D eigenvalue weighted by atomic mass is 32.1. The van der Waals surface area contributed by atoms with Gasteiger partial charge >= 0.3 is 0 Å². The topological polar surface area (TPSA) is 93.5 Å². The number of anilines is 2. The Morgan fingerprint density at radius 3 is 2.58 bits per heavy atom. The summed E-state index contributed by atoms with van der Waals surface area (Å²) in [5, 5.41) is 6.95. The minimum Gasteiger partial charge on any atom is -0.495 e. The number of hydrogen-bond donors (Lipinski definition) is 2. The van der Waals surface area contributed by atoms with E-state index < -0.39 is 0 Å². The fourth-order valence-electron chi connectivity index (χ4n) is 5.24. The van der Waals surface area contributed by atoms with Crippen LogP contribution in [0.1, 0.15) is 40.3 Å². The van der Waals surface area contributed by atoms with Gasteiger partial charge in [-0.05, 0) is 86.6 Å². The molecule has 0 radical (unpaired) electrons. The molecule has 1 aliphatic rings. The van der Waals surface area contributed by atoms with Crippen LogP contribution in [0.4, 0.5) is 11.4 Å². The summed E-state index contributed by atoms with van der Waals surface area (Å²) < 4.78 is 12.7. The van der Waals surface area contributed by atoms with Gasteiger partial charge in [-0.25, -0.2) is 4.98 Å². The van der Waals surface area contributed by atoms with Crippen molar-refractivity contribution >= 4 is 34.6 Å². The highest BCUT2D eigenvalue weighted by molar-refractivity contribution is 7.80. The molecule has 4 aromatic rings. The lowest BCUT2D eigenvalue weighted by molar-refractivity contribution is -0.119. The lowest BCUT2D eigenvalue weighted by Crippen LogP contribution is -2.29. The summed E-state index contributed by atoms with van der Waals surface area (Å²) in [6.45, 7) is 6.14. The molecule has 1 aromatic carbocycles. The highest BCUT2D eigenvalue weighted by Crippen LogP contribution is 2.45. The van der Waals surface area contributed by atoms with E-state index in [1.165, 1.54) is 7.11 Å². The first kappa shape index (κ1) is 27.3. The number of aromatic nitrogens is 3. The molecular weight excluding hydrogens is 524 g/mol.